The first-order valence-corrected chi connectivity index (χ1v) is 22.1. The molecule has 0 bridgehead atoms. The lowest BCUT2D eigenvalue weighted by Crippen LogP contribution is -2.34. The molecule has 4 aromatic rings. The molecule has 1 radical (unpaired) electrons. The first-order valence-electron chi connectivity index (χ1n) is 22.1. The van der Waals surface area contributed by atoms with Crippen LogP contribution >= 0.6 is 0 Å². The van der Waals surface area contributed by atoms with E-state index in [1.54, 1.807) is 7.48 Å². The Kier molecular flexibility index (Phi) is 14.0. The molecule has 1 fully saturated rings. The fourth-order valence-corrected chi connectivity index (χ4v) is 8.10. The zero-order valence-corrected chi connectivity index (χ0v) is 36.5. The van der Waals surface area contributed by atoms with Crippen molar-refractivity contribution in [2.75, 3.05) is 52.9 Å². The quantitative estimate of drug-likeness (QED) is 0.0572. The van der Waals surface area contributed by atoms with Gasteiger partial charge in [-0.3, -0.25) is 0 Å². The molecule has 0 amide bonds. The number of hydrogen-bond donors (Lipinski definition) is 1. The Balaban J connectivity index is 1.54. The number of hydrogen-bond acceptors (Lipinski definition) is 8. The number of aliphatic hydroxyl groups excluding tert-OH is 1. The van der Waals surface area contributed by atoms with Crippen LogP contribution in [0.5, 0.6) is 23.0 Å². The van der Waals surface area contributed by atoms with Crippen molar-refractivity contribution in [2.45, 2.75) is 86.5 Å². The van der Waals surface area contributed by atoms with Gasteiger partial charge < -0.3 is 38.0 Å². The fourth-order valence-electron chi connectivity index (χ4n) is 8.10. The van der Waals surface area contributed by atoms with E-state index in [9.17, 15) is 5.11 Å². The van der Waals surface area contributed by atoms with Gasteiger partial charge in [-0.2, -0.15) is 0 Å². The van der Waals surface area contributed by atoms with Crippen LogP contribution in [0.4, 0.5) is 0 Å². The molecule has 2 aliphatic carbocycles. The van der Waals surface area contributed by atoms with E-state index in [2.05, 4.69) is 116 Å². The van der Waals surface area contributed by atoms with Crippen molar-refractivity contribution in [2.24, 2.45) is 23.7 Å². The molecule has 4 unspecified atom stereocenters. The maximum absolute atomic E-state index is 9.56. The molecular formula is C49H63B2O8. The van der Waals surface area contributed by atoms with E-state index in [4.69, 9.17) is 32.9 Å². The Morgan fingerprint density at radius 2 is 1.00 bits per heavy atom. The largest absolute Gasteiger partial charge is 0.494 e. The Bertz CT molecular complexity index is 1980. The van der Waals surface area contributed by atoms with Gasteiger partial charge >= 0.3 is 14.6 Å². The summed E-state index contributed by atoms with van der Waals surface area (Å²) < 4.78 is 45.0. The molecule has 8 nitrogen and oxygen atoms in total. The highest BCUT2D eigenvalue weighted by Gasteiger charge is 2.53. The van der Waals surface area contributed by atoms with Crippen LogP contribution in [0.15, 0.2) is 60.7 Å². The number of benzene rings is 4. The highest BCUT2D eigenvalue weighted by Crippen LogP contribution is 2.65. The van der Waals surface area contributed by atoms with Crippen molar-refractivity contribution in [1.82, 2.24) is 0 Å². The molecular weight excluding hydrogens is 738 g/mol. The van der Waals surface area contributed by atoms with Gasteiger partial charge in [0.05, 0.1) is 58.3 Å². The summed E-state index contributed by atoms with van der Waals surface area (Å²) in [6, 6.07) is 22.1. The smallest absolute Gasteiger partial charge is 0.489 e. The van der Waals surface area contributed by atoms with Gasteiger partial charge in [0.2, 0.25) is 0 Å². The van der Waals surface area contributed by atoms with Crippen molar-refractivity contribution in [1.29, 1.82) is 0 Å². The molecule has 1 N–H and O–H groups in total. The van der Waals surface area contributed by atoms with Crippen LogP contribution in [0.25, 0.3) is 22.3 Å². The van der Waals surface area contributed by atoms with E-state index in [0.717, 1.165) is 104 Å². The summed E-state index contributed by atoms with van der Waals surface area (Å²) >= 11 is 0. The molecule has 1 spiro atoms. The predicted octanol–water partition coefficient (Wildman–Crippen LogP) is 8.73. The summed E-state index contributed by atoms with van der Waals surface area (Å²) in [6.45, 7) is 21.3. The standard InChI is InChI=1S/C49H63B2O8/c1-9-31(5)27-53-45-23-39-40-24-46(54-28-32(6)10-2)48(56-30-34(8)12-4)26-44(40)49(43(39)25-47(45)55-29-33(7)11-3)41-21-35(50-57-18-17-52)13-15-37(41)38-16-14-36(22-42(38)49)51-58-19-20-59-51/h13-16,21-26,31-34,52H,9-12,17-20,27-30H2,1-8H3. The summed E-state index contributed by atoms with van der Waals surface area (Å²) in [7, 11) is 1.29. The van der Waals surface area contributed by atoms with Gasteiger partial charge in [-0.25, -0.2) is 0 Å². The van der Waals surface area contributed by atoms with E-state index in [-0.39, 0.29) is 13.2 Å². The highest BCUT2D eigenvalue weighted by atomic mass is 16.6. The second-order valence-electron chi connectivity index (χ2n) is 17.1. The minimum atomic E-state index is -0.793. The van der Waals surface area contributed by atoms with Crippen LogP contribution in [-0.2, 0) is 19.4 Å². The van der Waals surface area contributed by atoms with E-state index in [1.807, 2.05) is 0 Å². The Labute approximate surface area is 353 Å². The number of fused-ring (bicyclic) bond motifs is 10. The SMILES string of the molecule is CCC(C)COc1cc2c(cc1OCC(C)CC)C1(c3cc([B]OCCO)ccc3-c3ccc(B4OCCO4)cc31)c1cc(OCC(C)CC)c(OCC(C)CC)cc1-2. The topological polar surface area (TPSA) is 84.8 Å². The number of aliphatic hydroxyl groups is 1. The third kappa shape index (κ3) is 8.66. The minimum absolute atomic E-state index is 0.0621. The van der Waals surface area contributed by atoms with Gasteiger partial charge in [-0.1, -0.05) is 123 Å². The first kappa shape index (κ1) is 43.1. The van der Waals surface area contributed by atoms with Gasteiger partial charge in [0.25, 0.3) is 0 Å². The molecule has 10 heteroatoms. The average Bonchev–Trinajstić information content (AvgIpc) is 3.97. The number of rotatable bonds is 21. The fraction of sp³-hybridized carbons (Fsp3) is 0.510. The third-order valence-electron chi connectivity index (χ3n) is 12.7. The molecule has 3 aliphatic rings. The molecule has 1 aliphatic heterocycles. The van der Waals surface area contributed by atoms with Crippen molar-refractivity contribution >= 4 is 25.5 Å². The zero-order valence-electron chi connectivity index (χ0n) is 36.5. The second kappa shape index (κ2) is 19.2. The van der Waals surface area contributed by atoms with E-state index in [1.165, 1.54) is 0 Å². The van der Waals surface area contributed by atoms with E-state index < -0.39 is 12.5 Å². The van der Waals surface area contributed by atoms with Crippen LogP contribution in [0.1, 0.15) is 103 Å². The Hall–Kier alpha value is -3.95. The molecule has 59 heavy (non-hydrogen) atoms. The van der Waals surface area contributed by atoms with Gasteiger partial charge in [-0.05, 0) is 97.9 Å². The number of ether oxygens (including phenoxy) is 4. The summed E-state index contributed by atoms with van der Waals surface area (Å²) in [5.74, 6) is 4.46. The van der Waals surface area contributed by atoms with E-state index in [0.29, 0.717) is 63.3 Å². The Morgan fingerprint density at radius 1 is 0.576 bits per heavy atom. The monoisotopic (exact) mass is 801 g/mol. The summed E-state index contributed by atoms with van der Waals surface area (Å²) in [4.78, 5) is 0. The second-order valence-corrected chi connectivity index (χ2v) is 17.1. The molecule has 313 valence electrons. The van der Waals surface area contributed by atoms with Crippen LogP contribution in [0.3, 0.4) is 0 Å². The molecule has 1 heterocycles. The van der Waals surface area contributed by atoms with Gasteiger partial charge in [0.1, 0.15) is 0 Å². The highest BCUT2D eigenvalue weighted by molar-refractivity contribution is 6.61. The van der Waals surface area contributed by atoms with Crippen LogP contribution < -0.4 is 29.9 Å². The van der Waals surface area contributed by atoms with Crippen molar-refractivity contribution in [3.63, 3.8) is 0 Å². The lowest BCUT2D eigenvalue weighted by Gasteiger charge is -2.32. The summed E-state index contributed by atoms with van der Waals surface area (Å²) in [6.07, 6.45) is 4.05. The minimum Gasteiger partial charge on any atom is -0.489 e. The van der Waals surface area contributed by atoms with E-state index >= 15 is 0 Å². The summed E-state index contributed by atoms with van der Waals surface area (Å²) in [5.41, 5.74) is 9.98. The van der Waals surface area contributed by atoms with Crippen LogP contribution in [-0.4, -0.2) is 72.6 Å². The van der Waals surface area contributed by atoms with Gasteiger partial charge in [0.15, 0.2) is 23.0 Å². The third-order valence-corrected chi connectivity index (χ3v) is 12.7. The Morgan fingerprint density at radius 3 is 1.46 bits per heavy atom. The maximum Gasteiger partial charge on any atom is 0.494 e. The van der Waals surface area contributed by atoms with Gasteiger partial charge in [-0.15, -0.1) is 0 Å². The molecule has 7 rings (SSSR count). The van der Waals surface area contributed by atoms with Crippen molar-refractivity contribution < 1.29 is 38.0 Å². The van der Waals surface area contributed by atoms with Crippen molar-refractivity contribution in [3.05, 3.63) is 82.9 Å². The molecule has 0 saturated carbocycles. The van der Waals surface area contributed by atoms with Crippen molar-refractivity contribution in [3.8, 4) is 45.3 Å². The summed E-state index contributed by atoms with van der Waals surface area (Å²) in [5, 5.41) is 9.56. The molecule has 1 saturated heterocycles. The molecule has 4 atom stereocenters. The lowest BCUT2D eigenvalue weighted by atomic mass is 9.67. The average molecular weight is 802 g/mol. The molecule has 0 aromatic heterocycles. The maximum atomic E-state index is 9.56. The zero-order chi connectivity index (χ0) is 41.7. The normalized spacial score (nSPS) is 18.2. The molecule has 4 aromatic carbocycles. The lowest BCUT2D eigenvalue weighted by molar-refractivity contribution is 0.209. The van der Waals surface area contributed by atoms with Gasteiger partial charge in [0, 0.05) is 0 Å². The predicted molar refractivity (Wildman–Crippen MR) is 238 cm³/mol. The van der Waals surface area contributed by atoms with Crippen LogP contribution in [0, 0.1) is 23.7 Å². The first-order chi connectivity index (χ1) is 28.7. The van der Waals surface area contributed by atoms with Crippen LogP contribution in [0.2, 0.25) is 0 Å².